The topological polar surface area (TPSA) is 27.0 Å². The summed E-state index contributed by atoms with van der Waals surface area (Å²) in [5.41, 5.74) is 0. The van der Waals surface area contributed by atoms with Crippen molar-refractivity contribution in [3.05, 3.63) is 0 Å². The lowest BCUT2D eigenvalue weighted by molar-refractivity contribution is 0.410. The van der Waals surface area contributed by atoms with Crippen LogP contribution in [0.5, 0.6) is 0 Å². The SMILES string of the molecule is CN(C)CC(Cl)(Cl)C#N. The molecule has 9 heavy (non-hydrogen) atoms. The van der Waals surface area contributed by atoms with Crippen LogP contribution < -0.4 is 0 Å². The van der Waals surface area contributed by atoms with Crippen molar-refractivity contribution in [2.24, 2.45) is 0 Å². The second-order valence-electron chi connectivity index (χ2n) is 2.05. The largest absolute Gasteiger partial charge is 0.305 e. The van der Waals surface area contributed by atoms with Gasteiger partial charge in [0, 0.05) is 6.54 Å². The van der Waals surface area contributed by atoms with Gasteiger partial charge in [-0.1, -0.05) is 23.2 Å². The first-order chi connectivity index (χ1) is 3.98. The minimum absolute atomic E-state index is 0.354. The Hall–Kier alpha value is 0.0300. The number of rotatable bonds is 2. The van der Waals surface area contributed by atoms with E-state index in [1.807, 2.05) is 0 Å². The van der Waals surface area contributed by atoms with Gasteiger partial charge in [0.1, 0.15) is 6.07 Å². The molecule has 0 amide bonds. The molecule has 0 rings (SSSR count). The zero-order valence-electron chi connectivity index (χ0n) is 5.36. The predicted octanol–water partition coefficient (Wildman–Crippen LogP) is 1.25. The smallest absolute Gasteiger partial charge is 0.215 e. The molecule has 0 aliphatic carbocycles. The molecule has 0 aromatic carbocycles. The first kappa shape index (κ1) is 9.03. The second-order valence-corrected chi connectivity index (χ2v) is 3.54. The number of hydrogen-bond acceptors (Lipinski definition) is 2. The molecule has 0 spiro atoms. The molecule has 0 aromatic heterocycles. The summed E-state index contributed by atoms with van der Waals surface area (Å²) in [5, 5.41) is 8.30. The Morgan fingerprint density at radius 2 is 2.00 bits per heavy atom. The molecule has 2 nitrogen and oxygen atoms in total. The van der Waals surface area contributed by atoms with Crippen LogP contribution in [0.4, 0.5) is 0 Å². The molecule has 0 saturated carbocycles. The van der Waals surface area contributed by atoms with E-state index in [0.29, 0.717) is 6.54 Å². The Morgan fingerprint density at radius 3 is 2.11 bits per heavy atom. The van der Waals surface area contributed by atoms with E-state index in [1.54, 1.807) is 25.1 Å². The third-order valence-electron chi connectivity index (χ3n) is 0.678. The fourth-order valence-corrected chi connectivity index (χ4v) is 0.911. The number of hydrogen-bond donors (Lipinski definition) is 0. The maximum atomic E-state index is 8.30. The number of halogens is 2. The Morgan fingerprint density at radius 1 is 1.56 bits per heavy atom. The zero-order chi connectivity index (χ0) is 7.49. The molecule has 0 heterocycles. The van der Waals surface area contributed by atoms with Crippen molar-refractivity contribution in [2.45, 2.75) is 4.33 Å². The summed E-state index contributed by atoms with van der Waals surface area (Å²) >= 11 is 11.0. The van der Waals surface area contributed by atoms with Crippen LogP contribution in [0.15, 0.2) is 0 Å². The molecule has 0 aromatic rings. The monoisotopic (exact) mass is 166 g/mol. The van der Waals surface area contributed by atoms with Crippen LogP contribution in [0.25, 0.3) is 0 Å². The van der Waals surface area contributed by atoms with Crippen LogP contribution in [0, 0.1) is 11.3 Å². The average molecular weight is 167 g/mol. The van der Waals surface area contributed by atoms with E-state index in [-0.39, 0.29) is 0 Å². The van der Waals surface area contributed by atoms with E-state index in [2.05, 4.69) is 0 Å². The summed E-state index contributed by atoms with van der Waals surface area (Å²) in [5.74, 6) is 0. The van der Waals surface area contributed by atoms with Crippen LogP contribution >= 0.6 is 23.2 Å². The predicted molar refractivity (Wildman–Crippen MR) is 38.6 cm³/mol. The summed E-state index contributed by atoms with van der Waals surface area (Å²) in [7, 11) is 3.60. The standard InChI is InChI=1S/C5H8Cl2N2/c1-9(2)4-5(6,7)3-8/h4H2,1-2H3. The molecule has 52 valence electrons. The first-order valence-electron chi connectivity index (χ1n) is 2.42. The molecule has 0 saturated heterocycles. The van der Waals surface area contributed by atoms with Crippen molar-refractivity contribution in [1.82, 2.24) is 4.90 Å². The lowest BCUT2D eigenvalue weighted by Crippen LogP contribution is -2.28. The fourth-order valence-electron chi connectivity index (χ4n) is 0.433. The molecule has 0 atom stereocenters. The highest BCUT2D eigenvalue weighted by molar-refractivity contribution is 6.50. The number of alkyl halides is 2. The third-order valence-corrected chi connectivity index (χ3v) is 1.09. The van der Waals surface area contributed by atoms with E-state index in [9.17, 15) is 0 Å². The minimum Gasteiger partial charge on any atom is -0.305 e. The van der Waals surface area contributed by atoms with Crippen molar-refractivity contribution in [2.75, 3.05) is 20.6 Å². The number of nitrogens with zero attached hydrogens (tertiary/aromatic N) is 2. The summed E-state index contributed by atoms with van der Waals surface area (Å²) in [6, 6.07) is 1.76. The molecular weight excluding hydrogens is 159 g/mol. The van der Waals surface area contributed by atoms with E-state index < -0.39 is 4.33 Å². The minimum atomic E-state index is -1.26. The van der Waals surface area contributed by atoms with Gasteiger partial charge in [-0.05, 0) is 14.1 Å². The highest BCUT2D eigenvalue weighted by Crippen LogP contribution is 2.19. The summed E-state index contributed by atoms with van der Waals surface area (Å²) in [6.07, 6.45) is 0. The lowest BCUT2D eigenvalue weighted by atomic mass is 10.4. The molecule has 0 fully saturated rings. The van der Waals surface area contributed by atoms with Gasteiger partial charge in [-0.15, -0.1) is 0 Å². The van der Waals surface area contributed by atoms with Crippen molar-refractivity contribution >= 4 is 23.2 Å². The van der Waals surface area contributed by atoms with Crippen LogP contribution in [-0.4, -0.2) is 29.9 Å². The van der Waals surface area contributed by atoms with Crippen molar-refractivity contribution in [1.29, 1.82) is 5.26 Å². The highest BCUT2D eigenvalue weighted by atomic mass is 35.5. The average Bonchev–Trinajstić information content (AvgIpc) is 1.63. The molecule has 0 bridgehead atoms. The third kappa shape index (κ3) is 4.53. The van der Waals surface area contributed by atoms with Gasteiger partial charge in [0.15, 0.2) is 0 Å². The molecule has 0 N–H and O–H groups in total. The zero-order valence-corrected chi connectivity index (χ0v) is 6.87. The van der Waals surface area contributed by atoms with Gasteiger partial charge in [-0.3, -0.25) is 0 Å². The van der Waals surface area contributed by atoms with Crippen LogP contribution in [0.3, 0.4) is 0 Å². The van der Waals surface area contributed by atoms with Gasteiger partial charge in [0.2, 0.25) is 4.33 Å². The van der Waals surface area contributed by atoms with Crippen molar-refractivity contribution < 1.29 is 0 Å². The Balaban J connectivity index is 3.76. The number of nitriles is 1. The fraction of sp³-hybridized carbons (Fsp3) is 0.800. The van der Waals surface area contributed by atoms with E-state index >= 15 is 0 Å². The Bertz CT molecular complexity index is 125. The summed E-state index contributed by atoms with van der Waals surface area (Å²) in [6.45, 7) is 0.354. The molecule has 0 radical (unpaired) electrons. The van der Waals surface area contributed by atoms with E-state index in [4.69, 9.17) is 28.5 Å². The molecule has 4 heteroatoms. The molecular formula is C5H8Cl2N2. The maximum absolute atomic E-state index is 8.30. The summed E-state index contributed by atoms with van der Waals surface area (Å²) < 4.78 is -1.26. The van der Waals surface area contributed by atoms with Crippen LogP contribution in [0.1, 0.15) is 0 Å². The molecule has 0 unspecified atom stereocenters. The highest BCUT2D eigenvalue weighted by Gasteiger charge is 2.23. The van der Waals surface area contributed by atoms with Gasteiger partial charge < -0.3 is 4.90 Å². The van der Waals surface area contributed by atoms with Gasteiger partial charge in [-0.2, -0.15) is 5.26 Å². The van der Waals surface area contributed by atoms with Gasteiger partial charge in [0.25, 0.3) is 0 Å². The second kappa shape index (κ2) is 3.26. The summed E-state index contributed by atoms with van der Waals surface area (Å²) in [4.78, 5) is 1.75. The Kier molecular flexibility index (Phi) is 3.27. The van der Waals surface area contributed by atoms with E-state index in [0.717, 1.165) is 0 Å². The van der Waals surface area contributed by atoms with Crippen molar-refractivity contribution in [3.63, 3.8) is 0 Å². The van der Waals surface area contributed by atoms with Crippen LogP contribution in [0.2, 0.25) is 0 Å². The van der Waals surface area contributed by atoms with Crippen LogP contribution in [-0.2, 0) is 0 Å². The van der Waals surface area contributed by atoms with Crippen molar-refractivity contribution in [3.8, 4) is 6.07 Å². The normalized spacial score (nSPS) is 11.6. The molecule has 0 aliphatic rings. The van der Waals surface area contributed by atoms with Gasteiger partial charge in [-0.25, -0.2) is 0 Å². The quantitative estimate of drug-likeness (QED) is 0.578. The Labute approximate surface area is 65.0 Å². The first-order valence-corrected chi connectivity index (χ1v) is 3.17. The van der Waals surface area contributed by atoms with Gasteiger partial charge >= 0.3 is 0 Å². The van der Waals surface area contributed by atoms with Gasteiger partial charge in [0.05, 0.1) is 0 Å². The van der Waals surface area contributed by atoms with E-state index in [1.165, 1.54) is 0 Å². The molecule has 0 aliphatic heterocycles. The maximum Gasteiger partial charge on any atom is 0.215 e. The lowest BCUT2D eigenvalue weighted by Gasteiger charge is -2.15.